The lowest BCUT2D eigenvalue weighted by Crippen LogP contribution is -2.22. The molecule has 4 heteroatoms. The molecule has 0 aliphatic rings. The number of rotatable bonds is 4. The summed E-state index contributed by atoms with van der Waals surface area (Å²) in [6.45, 7) is 3.69. The van der Waals surface area contributed by atoms with Crippen molar-refractivity contribution in [3.63, 3.8) is 0 Å². The zero-order chi connectivity index (χ0) is 13.0. The van der Waals surface area contributed by atoms with Gasteiger partial charge in [-0.25, -0.2) is 0 Å². The highest BCUT2D eigenvalue weighted by Gasteiger charge is 2.09. The largest absolute Gasteiger partial charge is 0.399 e. The molecule has 3 nitrogen and oxygen atoms in total. The van der Waals surface area contributed by atoms with Crippen LogP contribution in [0.4, 0.5) is 11.4 Å². The highest BCUT2D eigenvalue weighted by molar-refractivity contribution is 6.33. The van der Waals surface area contributed by atoms with E-state index in [1.54, 1.807) is 12.3 Å². The van der Waals surface area contributed by atoms with Gasteiger partial charge in [-0.1, -0.05) is 17.7 Å². The first-order chi connectivity index (χ1) is 8.70. The summed E-state index contributed by atoms with van der Waals surface area (Å²) in [7, 11) is 0. The van der Waals surface area contributed by atoms with Crippen molar-refractivity contribution in [2.24, 2.45) is 0 Å². The van der Waals surface area contributed by atoms with Crippen LogP contribution < -0.4 is 10.6 Å². The first-order valence-corrected chi connectivity index (χ1v) is 6.28. The van der Waals surface area contributed by atoms with Crippen molar-refractivity contribution in [1.29, 1.82) is 0 Å². The van der Waals surface area contributed by atoms with Crippen molar-refractivity contribution in [2.75, 3.05) is 17.2 Å². The highest BCUT2D eigenvalue weighted by atomic mass is 35.5. The number of anilines is 2. The average molecular weight is 262 g/mol. The minimum absolute atomic E-state index is 0.674. The van der Waals surface area contributed by atoms with Gasteiger partial charge in [0.05, 0.1) is 22.9 Å². The Kier molecular flexibility index (Phi) is 4.05. The van der Waals surface area contributed by atoms with Gasteiger partial charge in [-0.2, -0.15) is 0 Å². The van der Waals surface area contributed by atoms with Gasteiger partial charge in [0.1, 0.15) is 0 Å². The zero-order valence-electron chi connectivity index (χ0n) is 10.3. The summed E-state index contributed by atoms with van der Waals surface area (Å²) in [6, 6.07) is 11.5. The van der Waals surface area contributed by atoms with E-state index in [-0.39, 0.29) is 0 Å². The summed E-state index contributed by atoms with van der Waals surface area (Å²) in [6.07, 6.45) is 1.80. The van der Waals surface area contributed by atoms with Crippen LogP contribution in [-0.4, -0.2) is 11.5 Å². The molecule has 18 heavy (non-hydrogen) atoms. The maximum atomic E-state index is 6.23. The summed E-state index contributed by atoms with van der Waals surface area (Å²) in [5.41, 5.74) is 8.39. The van der Waals surface area contributed by atoms with E-state index in [0.29, 0.717) is 10.7 Å². The third-order valence-corrected chi connectivity index (χ3v) is 3.08. The third kappa shape index (κ3) is 2.93. The molecule has 1 heterocycles. The fraction of sp³-hybridized carbons (Fsp3) is 0.214. The molecule has 2 N–H and O–H groups in total. The Labute approximate surface area is 112 Å². The number of halogens is 1. The Bertz CT molecular complexity index is 514. The molecule has 0 fully saturated rings. The second kappa shape index (κ2) is 5.74. The van der Waals surface area contributed by atoms with E-state index >= 15 is 0 Å². The molecule has 0 atom stereocenters. The number of benzene rings is 1. The van der Waals surface area contributed by atoms with E-state index in [2.05, 4.69) is 16.8 Å². The van der Waals surface area contributed by atoms with E-state index in [1.807, 2.05) is 30.3 Å². The molecular weight excluding hydrogens is 246 g/mol. The molecule has 0 aliphatic heterocycles. The number of nitrogens with zero attached hydrogens (tertiary/aromatic N) is 2. The van der Waals surface area contributed by atoms with Crippen molar-refractivity contribution in [3.8, 4) is 0 Å². The number of aromatic nitrogens is 1. The molecule has 1 aromatic heterocycles. The Morgan fingerprint density at radius 1 is 1.28 bits per heavy atom. The molecule has 0 bridgehead atoms. The lowest BCUT2D eigenvalue weighted by atomic mass is 10.2. The molecule has 0 saturated carbocycles. The van der Waals surface area contributed by atoms with Crippen molar-refractivity contribution < 1.29 is 0 Å². The first kappa shape index (κ1) is 12.7. The maximum Gasteiger partial charge on any atom is 0.0660 e. The van der Waals surface area contributed by atoms with Crippen LogP contribution in [0.5, 0.6) is 0 Å². The molecule has 1 aromatic carbocycles. The molecule has 2 aromatic rings. The second-order valence-corrected chi connectivity index (χ2v) is 4.45. The van der Waals surface area contributed by atoms with Crippen LogP contribution in [0.2, 0.25) is 5.02 Å². The van der Waals surface area contributed by atoms with Crippen LogP contribution in [0.1, 0.15) is 12.6 Å². The zero-order valence-corrected chi connectivity index (χ0v) is 11.1. The number of nitrogen functional groups attached to an aromatic ring is 1. The fourth-order valence-corrected chi connectivity index (χ4v) is 2.14. The Balaban J connectivity index is 2.23. The van der Waals surface area contributed by atoms with E-state index in [1.165, 1.54) is 0 Å². The number of hydrogen-bond donors (Lipinski definition) is 1. The van der Waals surface area contributed by atoms with Crippen LogP contribution >= 0.6 is 11.6 Å². The van der Waals surface area contributed by atoms with Crippen LogP contribution in [0.25, 0.3) is 0 Å². The molecule has 0 radical (unpaired) electrons. The van der Waals surface area contributed by atoms with Crippen molar-refractivity contribution in [1.82, 2.24) is 4.98 Å². The van der Waals surface area contributed by atoms with Gasteiger partial charge in [0.25, 0.3) is 0 Å². The molecule has 0 saturated heterocycles. The van der Waals surface area contributed by atoms with Gasteiger partial charge in [0, 0.05) is 18.4 Å². The van der Waals surface area contributed by atoms with Crippen LogP contribution in [0.3, 0.4) is 0 Å². The van der Waals surface area contributed by atoms with E-state index < -0.39 is 0 Å². The molecule has 0 spiro atoms. The smallest absolute Gasteiger partial charge is 0.0660 e. The van der Waals surface area contributed by atoms with E-state index in [4.69, 9.17) is 17.3 Å². The summed E-state index contributed by atoms with van der Waals surface area (Å²) < 4.78 is 0. The standard InChI is InChI=1S/C14H16ClN3/c1-2-18(10-12-5-3-4-8-17-12)14-7-6-11(16)9-13(14)15/h3-9H,2,10,16H2,1H3. The van der Waals surface area contributed by atoms with Gasteiger partial charge in [-0.15, -0.1) is 0 Å². The SMILES string of the molecule is CCN(Cc1ccccn1)c1ccc(N)cc1Cl. The topological polar surface area (TPSA) is 42.2 Å². The Hall–Kier alpha value is -1.74. The normalized spacial score (nSPS) is 10.3. The van der Waals surface area contributed by atoms with Gasteiger partial charge in [0.2, 0.25) is 0 Å². The molecule has 0 amide bonds. The number of hydrogen-bond acceptors (Lipinski definition) is 3. The van der Waals surface area contributed by atoms with Gasteiger partial charge in [0.15, 0.2) is 0 Å². The number of nitrogens with two attached hydrogens (primary N) is 1. The van der Waals surface area contributed by atoms with E-state index in [0.717, 1.165) is 24.5 Å². The highest BCUT2D eigenvalue weighted by Crippen LogP contribution is 2.28. The summed E-state index contributed by atoms with van der Waals surface area (Å²) in [5.74, 6) is 0. The van der Waals surface area contributed by atoms with Crippen LogP contribution in [0, 0.1) is 0 Å². The summed E-state index contributed by atoms with van der Waals surface area (Å²) in [5, 5.41) is 0.674. The molecular formula is C14H16ClN3. The second-order valence-electron chi connectivity index (χ2n) is 4.05. The van der Waals surface area contributed by atoms with Crippen molar-refractivity contribution in [2.45, 2.75) is 13.5 Å². The van der Waals surface area contributed by atoms with Crippen molar-refractivity contribution in [3.05, 3.63) is 53.3 Å². The van der Waals surface area contributed by atoms with Gasteiger partial charge < -0.3 is 10.6 Å². The molecule has 2 rings (SSSR count). The third-order valence-electron chi connectivity index (χ3n) is 2.77. The van der Waals surface area contributed by atoms with Crippen LogP contribution in [0.15, 0.2) is 42.6 Å². The molecule has 94 valence electrons. The predicted molar refractivity (Wildman–Crippen MR) is 76.8 cm³/mol. The summed E-state index contributed by atoms with van der Waals surface area (Å²) in [4.78, 5) is 6.50. The Morgan fingerprint density at radius 3 is 2.72 bits per heavy atom. The lowest BCUT2D eigenvalue weighted by Gasteiger charge is -2.24. The quantitative estimate of drug-likeness (QED) is 0.859. The summed E-state index contributed by atoms with van der Waals surface area (Å²) >= 11 is 6.23. The minimum atomic E-state index is 0.674. The first-order valence-electron chi connectivity index (χ1n) is 5.90. The Morgan fingerprint density at radius 2 is 2.11 bits per heavy atom. The van der Waals surface area contributed by atoms with Crippen molar-refractivity contribution >= 4 is 23.0 Å². The monoisotopic (exact) mass is 261 g/mol. The van der Waals surface area contributed by atoms with Gasteiger partial charge in [-0.05, 0) is 37.3 Å². The number of pyridine rings is 1. The van der Waals surface area contributed by atoms with E-state index in [9.17, 15) is 0 Å². The fourth-order valence-electron chi connectivity index (χ4n) is 1.83. The lowest BCUT2D eigenvalue weighted by molar-refractivity contribution is 0.810. The predicted octanol–water partition coefficient (Wildman–Crippen LogP) is 3.34. The molecule has 0 unspecified atom stereocenters. The van der Waals surface area contributed by atoms with Gasteiger partial charge >= 0.3 is 0 Å². The van der Waals surface area contributed by atoms with Gasteiger partial charge in [-0.3, -0.25) is 4.98 Å². The van der Waals surface area contributed by atoms with Crippen LogP contribution in [-0.2, 0) is 6.54 Å². The average Bonchev–Trinajstić information content (AvgIpc) is 2.38. The molecule has 0 aliphatic carbocycles. The maximum absolute atomic E-state index is 6.23. The minimum Gasteiger partial charge on any atom is -0.399 e.